The second kappa shape index (κ2) is 7.61. The van der Waals surface area contributed by atoms with E-state index in [1.807, 2.05) is 31.2 Å². The number of piperidine rings is 1. The van der Waals surface area contributed by atoms with Crippen LogP contribution in [-0.4, -0.2) is 43.5 Å². The van der Waals surface area contributed by atoms with Crippen LogP contribution < -0.4 is 5.32 Å². The number of carbonyl (C=O) groups is 1. The Morgan fingerprint density at radius 1 is 1.32 bits per heavy atom. The van der Waals surface area contributed by atoms with Crippen molar-refractivity contribution < 1.29 is 13.2 Å². The molecule has 1 N–H and O–H groups in total. The van der Waals surface area contributed by atoms with E-state index in [-0.39, 0.29) is 17.7 Å². The molecule has 1 aliphatic rings. The van der Waals surface area contributed by atoms with Gasteiger partial charge in [-0.05, 0) is 25.3 Å². The molecule has 0 unspecified atom stereocenters. The second-order valence-corrected chi connectivity index (χ2v) is 9.72. The normalized spacial score (nSPS) is 17.0. The first-order valence-electron chi connectivity index (χ1n) is 8.38. The van der Waals surface area contributed by atoms with Crippen LogP contribution in [-0.2, 0) is 10.0 Å². The lowest BCUT2D eigenvalue weighted by molar-refractivity contribution is 0.0928. The van der Waals surface area contributed by atoms with Gasteiger partial charge in [-0.15, -0.1) is 11.3 Å². The van der Waals surface area contributed by atoms with Gasteiger partial charge >= 0.3 is 0 Å². The fourth-order valence-corrected chi connectivity index (χ4v) is 6.04. The fourth-order valence-electron chi connectivity index (χ4n) is 3.08. The minimum Gasteiger partial charge on any atom is -0.348 e. The molecule has 1 aromatic heterocycles. The number of nitrogens with one attached hydrogen (secondary N) is 1. The Morgan fingerprint density at radius 2 is 2.00 bits per heavy atom. The zero-order valence-corrected chi connectivity index (χ0v) is 16.4. The van der Waals surface area contributed by atoms with E-state index in [0.29, 0.717) is 42.3 Å². The Balaban J connectivity index is 1.64. The highest BCUT2D eigenvalue weighted by Crippen LogP contribution is 2.35. The Hall–Kier alpha value is -1.15. The van der Waals surface area contributed by atoms with Gasteiger partial charge in [-0.25, -0.2) is 12.7 Å². The van der Waals surface area contributed by atoms with Gasteiger partial charge in [-0.3, -0.25) is 4.79 Å². The summed E-state index contributed by atoms with van der Waals surface area (Å²) in [7, 11) is -3.16. The first-order chi connectivity index (χ1) is 11.9. The van der Waals surface area contributed by atoms with Crippen molar-refractivity contribution in [3.05, 3.63) is 34.2 Å². The number of carbonyl (C=O) groups excluding carboxylic acids is 1. The number of thiophene rings is 1. The van der Waals surface area contributed by atoms with Gasteiger partial charge in [0.2, 0.25) is 10.0 Å². The van der Waals surface area contributed by atoms with E-state index in [2.05, 4.69) is 5.32 Å². The van der Waals surface area contributed by atoms with Gasteiger partial charge in [0.15, 0.2) is 0 Å². The van der Waals surface area contributed by atoms with Gasteiger partial charge in [0.05, 0.1) is 10.8 Å². The molecule has 3 rings (SSSR count). The zero-order chi connectivity index (χ0) is 18.0. The smallest absolute Gasteiger partial charge is 0.263 e. The molecule has 2 heterocycles. The molecule has 0 atom stereocenters. The highest BCUT2D eigenvalue weighted by Gasteiger charge is 2.28. The van der Waals surface area contributed by atoms with Crippen molar-refractivity contribution in [3.8, 4) is 0 Å². The summed E-state index contributed by atoms with van der Waals surface area (Å²) in [6.45, 7) is 2.76. The first kappa shape index (κ1) is 18.6. The van der Waals surface area contributed by atoms with Crippen molar-refractivity contribution in [1.29, 1.82) is 0 Å². The number of hydrogen-bond acceptors (Lipinski definition) is 4. The third-order valence-corrected chi connectivity index (χ3v) is 8.14. The quantitative estimate of drug-likeness (QED) is 0.835. The average molecular weight is 401 g/mol. The largest absolute Gasteiger partial charge is 0.348 e. The van der Waals surface area contributed by atoms with Gasteiger partial charge in [-0.2, -0.15) is 0 Å². The lowest BCUT2D eigenvalue weighted by Gasteiger charge is -2.31. The third-order valence-electron chi connectivity index (χ3n) is 4.39. The van der Waals surface area contributed by atoms with E-state index < -0.39 is 10.0 Å². The molecule has 1 amide bonds. The van der Waals surface area contributed by atoms with Crippen LogP contribution in [0.3, 0.4) is 0 Å². The van der Waals surface area contributed by atoms with Crippen molar-refractivity contribution in [2.24, 2.45) is 0 Å². The molecular formula is C17H21ClN2O3S2. The number of nitrogens with zero attached hydrogens (tertiary/aromatic N) is 1. The summed E-state index contributed by atoms with van der Waals surface area (Å²) in [5.74, 6) is 0.00239. The molecule has 0 radical (unpaired) electrons. The molecule has 5 nitrogen and oxygen atoms in total. The van der Waals surface area contributed by atoms with Crippen LogP contribution in [0.2, 0.25) is 5.02 Å². The third kappa shape index (κ3) is 4.00. The summed E-state index contributed by atoms with van der Waals surface area (Å²) in [5, 5.41) is 4.38. The van der Waals surface area contributed by atoms with E-state index in [1.54, 1.807) is 0 Å². The number of benzene rings is 1. The lowest BCUT2D eigenvalue weighted by Crippen LogP contribution is -2.46. The van der Waals surface area contributed by atoms with Crippen molar-refractivity contribution in [3.63, 3.8) is 0 Å². The summed E-state index contributed by atoms with van der Waals surface area (Å²) in [5.41, 5.74) is 0. The molecule has 1 aromatic carbocycles. The van der Waals surface area contributed by atoms with Crippen molar-refractivity contribution in [2.45, 2.75) is 32.2 Å². The highest BCUT2D eigenvalue weighted by atomic mass is 35.5. The van der Waals surface area contributed by atoms with Crippen LogP contribution in [0.5, 0.6) is 0 Å². The minimum atomic E-state index is -3.16. The fraction of sp³-hybridized carbons (Fsp3) is 0.471. The summed E-state index contributed by atoms with van der Waals surface area (Å²) in [6, 6.07) is 7.64. The predicted octanol–water partition coefficient (Wildman–Crippen LogP) is 3.49. The number of sulfonamides is 1. The van der Waals surface area contributed by atoms with Crippen LogP contribution in [0.15, 0.2) is 24.3 Å². The van der Waals surface area contributed by atoms with Crippen LogP contribution in [0, 0.1) is 0 Å². The molecule has 1 saturated heterocycles. The Morgan fingerprint density at radius 3 is 2.64 bits per heavy atom. The topological polar surface area (TPSA) is 66.5 Å². The Kier molecular flexibility index (Phi) is 5.68. The molecule has 1 aliphatic heterocycles. The molecule has 0 spiro atoms. The minimum absolute atomic E-state index is 0.0261. The molecule has 136 valence electrons. The van der Waals surface area contributed by atoms with Crippen LogP contribution >= 0.6 is 22.9 Å². The average Bonchev–Trinajstić information content (AvgIpc) is 2.93. The van der Waals surface area contributed by atoms with E-state index in [1.165, 1.54) is 15.6 Å². The molecule has 8 heteroatoms. The Labute approximate surface area is 157 Å². The predicted molar refractivity (Wildman–Crippen MR) is 103 cm³/mol. The number of halogens is 1. The second-order valence-electron chi connectivity index (χ2n) is 6.20. The van der Waals surface area contributed by atoms with E-state index in [9.17, 15) is 13.2 Å². The number of fused-ring (bicyclic) bond motifs is 1. The number of hydrogen-bond donors (Lipinski definition) is 1. The first-order valence-corrected chi connectivity index (χ1v) is 11.2. The van der Waals surface area contributed by atoms with Crippen molar-refractivity contribution >= 4 is 49.0 Å². The van der Waals surface area contributed by atoms with Gasteiger partial charge < -0.3 is 5.32 Å². The van der Waals surface area contributed by atoms with E-state index in [0.717, 1.165) is 10.1 Å². The molecule has 1 fully saturated rings. The lowest BCUT2D eigenvalue weighted by atomic mass is 10.1. The number of amides is 1. The van der Waals surface area contributed by atoms with E-state index in [4.69, 9.17) is 11.6 Å². The molecule has 2 aromatic rings. The summed E-state index contributed by atoms with van der Waals surface area (Å²) in [4.78, 5) is 13.1. The van der Waals surface area contributed by atoms with Gasteiger partial charge in [0.25, 0.3) is 5.91 Å². The summed E-state index contributed by atoms with van der Waals surface area (Å²) >= 11 is 7.73. The summed E-state index contributed by atoms with van der Waals surface area (Å²) < 4.78 is 26.7. The zero-order valence-electron chi connectivity index (χ0n) is 14.0. The van der Waals surface area contributed by atoms with Gasteiger partial charge in [-0.1, -0.05) is 36.7 Å². The maximum Gasteiger partial charge on any atom is 0.263 e. The summed E-state index contributed by atoms with van der Waals surface area (Å²) in [6.07, 6.45) is 1.86. The monoisotopic (exact) mass is 400 g/mol. The maximum atomic E-state index is 12.6. The molecule has 0 aliphatic carbocycles. The molecule has 0 saturated carbocycles. The van der Waals surface area contributed by atoms with Gasteiger partial charge in [0.1, 0.15) is 4.88 Å². The standard InChI is InChI=1S/C17H21ClN2O3S2/c1-2-11-25(22,23)20-9-7-12(8-10-20)19-17(21)16-15(18)13-5-3-4-6-14(13)24-16/h3-6,12H,2,7-11H2,1H3,(H,19,21). The number of rotatable bonds is 5. The highest BCUT2D eigenvalue weighted by molar-refractivity contribution is 7.89. The Bertz CT molecular complexity index is 871. The SMILES string of the molecule is CCCS(=O)(=O)N1CCC(NC(=O)c2sc3ccccc3c2Cl)CC1. The molecule has 25 heavy (non-hydrogen) atoms. The van der Waals surface area contributed by atoms with Crippen molar-refractivity contribution in [2.75, 3.05) is 18.8 Å². The van der Waals surface area contributed by atoms with Crippen LogP contribution in [0.4, 0.5) is 0 Å². The van der Waals surface area contributed by atoms with E-state index >= 15 is 0 Å². The molecular weight excluding hydrogens is 380 g/mol. The van der Waals surface area contributed by atoms with Crippen molar-refractivity contribution in [1.82, 2.24) is 9.62 Å². The maximum absolute atomic E-state index is 12.6. The van der Waals surface area contributed by atoms with Gasteiger partial charge in [0, 0.05) is 29.2 Å². The van der Waals surface area contributed by atoms with Crippen LogP contribution in [0.1, 0.15) is 35.9 Å². The van der Waals surface area contributed by atoms with Crippen LogP contribution in [0.25, 0.3) is 10.1 Å². The molecule has 0 bridgehead atoms.